The summed E-state index contributed by atoms with van der Waals surface area (Å²) in [6, 6.07) is 11.1. The van der Waals surface area contributed by atoms with E-state index in [1.165, 1.54) is 12.3 Å². The molecule has 0 amide bonds. The molecule has 3 rings (SSSR count). The zero-order valence-electron chi connectivity index (χ0n) is 17.2. The number of nitrogens with zero attached hydrogens (tertiary/aromatic N) is 2. The van der Waals surface area contributed by atoms with E-state index in [-0.39, 0.29) is 17.3 Å². The maximum absolute atomic E-state index is 13.0. The number of hydrogen-bond donors (Lipinski definition) is 2. The number of aliphatic imine (C=N–C) groups is 1. The zero-order valence-corrected chi connectivity index (χ0v) is 17.2. The van der Waals surface area contributed by atoms with E-state index in [1.807, 2.05) is 31.2 Å². The molecule has 1 aliphatic rings. The Balaban J connectivity index is 1.68. The third kappa shape index (κ3) is 4.96. The molecule has 0 saturated heterocycles. The maximum Gasteiger partial charge on any atom is 0.141 e. The molecule has 2 aromatic rings. The number of nitrogens with one attached hydrogen (secondary N) is 1. The fourth-order valence-corrected chi connectivity index (χ4v) is 3.54. The largest absolute Gasteiger partial charge is 0.382 e. The lowest BCUT2D eigenvalue weighted by Crippen LogP contribution is -2.44. The second-order valence-corrected chi connectivity index (χ2v) is 8.74. The fourth-order valence-electron chi connectivity index (χ4n) is 3.54. The van der Waals surface area contributed by atoms with Gasteiger partial charge < -0.3 is 10.4 Å². The molecule has 0 aliphatic carbocycles. The lowest BCUT2D eigenvalue weighted by atomic mass is 9.83. The van der Waals surface area contributed by atoms with E-state index >= 15 is 0 Å². The number of benzene rings is 1. The average Bonchev–Trinajstić information content (AvgIpc) is 3.12. The molecule has 1 aromatic heterocycles. The lowest BCUT2D eigenvalue weighted by Gasteiger charge is -2.24. The van der Waals surface area contributed by atoms with Gasteiger partial charge in [0.05, 0.1) is 17.9 Å². The first-order valence-corrected chi connectivity index (χ1v) is 9.94. The quantitative estimate of drug-likeness (QED) is 0.746. The number of amidine groups is 1. The summed E-state index contributed by atoms with van der Waals surface area (Å²) in [7, 11) is 0. The van der Waals surface area contributed by atoms with E-state index in [9.17, 15) is 9.50 Å². The van der Waals surface area contributed by atoms with Crippen LogP contribution in [0.1, 0.15) is 46.1 Å². The smallest absolute Gasteiger partial charge is 0.141 e. The highest BCUT2D eigenvalue weighted by molar-refractivity contribution is 5.91. The molecule has 1 aromatic carbocycles. The zero-order chi connectivity index (χ0) is 20.4. The summed E-state index contributed by atoms with van der Waals surface area (Å²) in [6.45, 7) is 9.31. The van der Waals surface area contributed by atoms with Gasteiger partial charge >= 0.3 is 0 Å². The summed E-state index contributed by atoms with van der Waals surface area (Å²) < 4.78 is 13.0. The molecular formula is C23H30FN3O. The van der Waals surface area contributed by atoms with Gasteiger partial charge in [-0.05, 0) is 36.5 Å². The van der Waals surface area contributed by atoms with E-state index in [2.05, 4.69) is 31.1 Å². The summed E-state index contributed by atoms with van der Waals surface area (Å²) in [4.78, 5) is 8.88. The summed E-state index contributed by atoms with van der Waals surface area (Å²) in [5.41, 5.74) is 1.87. The van der Waals surface area contributed by atoms with Gasteiger partial charge in [0.15, 0.2) is 0 Å². The van der Waals surface area contributed by atoms with Crippen LogP contribution >= 0.6 is 0 Å². The van der Waals surface area contributed by atoms with Crippen LogP contribution in [-0.2, 0) is 6.42 Å². The summed E-state index contributed by atoms with van der Waals surface area (Å²) in [5, 5.41) is 14.3. The second kappa shape index (κ2) is 8.00. The van der Waals surface area contributed by atoms with Gasteiger partial charge in [0, 0.05) is 18.5 Å². The highest BCUT2D eigenvalue weighted by atomic mass is 19.1. The third-order valence-corrected chi connectivity index (χ3v) is 5.60. The van der Waals surface area contributed by atoms with Crippen LogP contribution in [0.5, 0.6) is 0 Å². The Labute approximate surface area is 166 Å². The molecule has 1 aliphatic heterocycles. The van der Waals surface area contributed by atoms with Crippen LogP contribution in [0.4, 0.5) is 4.39 Å². The van der Waals surface area contributed by atoms with Crippen molar-refractivity contribution in [2.75, 3.05) is 6.54 Å². The molecule has 0 fully saturated rings. The monoisotopic (exact) mass is 383 g/mol. The minimum atomic E-state index is -1.04. The second-order valence-electron chi connectivity index (χ2n) is 8.74. The topological polar surface area (TPSA) is 57.5 Å². The molecule has 4 nitrogen and oxygen atoms in total. The predicted octanol–water partition coefficient (Wildman–Crippen LogP) is 4.38. The van der Waals surface area contributed by atoms with Crippen molar-refractivity contribution in [3.8, 4) is 11.3 Å². The molecule has 0 radical (unpaired) electrons. The van der Waals surface area contributed by atoms with E-state index in [4.69, 9.17) is 4.99 Å². The Hall–Kier alpha value is -2.27. The Morgan fingerprint density at radius 1 is 1.14 bits per heavy atom. The van der Waals surface area contributed by atoms with Gasteiger partial charge in [-0.1, -0.05) is 51.5 Å². The lowest BCUT2D eigenvalue weighted by molar-refractivity contribution is 0.130. The van der Waals surface area contributed by atoms with Gasteiger partial charge in [0.2, 0.25) is 0 Å². The van der Waals surface area contributed by atoms with E-state index < -0.39 is 5.60 Å². The molecule has 2 unspecified atom stereocenters. The van der Waals surface area contributed by atoms with Crippen LogP contribution in [0.2, 0.25) is 0 Å². The number of aromatic nitrogens is 1. The van der Waals surface area contributed by atoms with Crippen molar-refractivity contribution < 1.29 is 9.50 Å². The number of hydrogen-bond acceptors (Lipinski definition) is 4. The minimum Gasteiger partial charge on any atom is -0.382 e. The predicted molar refractivity (Wildman–Crippen MR) is 112 cm³/mol. The SMILES string of the molecule is CCC(C)(C)CC1CNC(C(C)(O)Cc2ccc(-c3ccc(F)cn3)cc2)=N1. The van der Waals surface area contributed by atoms with Crippen molar-refractivity contribution in [1.82, 2.24) is 10.3 Å². The van der Waals surface area contributed by atoms with Crippen molar-refractivity contribution in [2.45, 2.75) is 58.6 Å². The van der Waals surface area contributed by atoms with Gasteiger partial charge in [-0.15, -0.1) is 0 Å². The molecule has 28 heavy (non-hydrogen) atoms. The molecule has 2 atom stereocenters. The number of aliphatic hydroxyl groups is 1. The molecule has 0 spiro atoms. The molecule has 0 saturated carbocycles. The Morgan fingerprint density at radius 3 is 2.46 bits per heavy atom. The fraction of sp³-hybridized carbons (Fsp3) is 0.478. The van der Waals surface area contributed by atoms with E-state index in [1.54, 1.807) is 6.07 Å². The number of halogens is 1. The third-order valence-electron chi connectivity index (χ3n) is 5.60. The summed E-state index contributed by atoms with van der Waals surface area (Å²) in [5.74, 6) is 0.329. The van der Waals surface area contributed by atoms with Crippen LogP contribution in [0, 0.1) is 11.2 Å². The molecule has 2 N–H and O–H groups in total. The van der Waals surface area contributed by atoms with Crippen LogP contribution in [0.3, 0.4) is 0 Å². The Bertz CT molecular complexity index is 826. The highest BCUT2D eigenvalue weighted by Crippen LogP contribution is 2.29. The van der Waals surface area contributed by atoms with Crippen molar-refractivity contribution in [2.24, 2.45) is 10.4 Å². The first-order valence-electron chi connectivity index (χ1n) is 9.94. The Kier molecular flexibility index (Phi) is 5.84. The van der Waals surface area contributed by atoms with Crippen molar-refractivity contribution in [3.63, 3.8) is 0 Å². The molecule has 150 valence electrons. The van der Waals surface area contributed by atoms with E-state index in [0.717, 1.165) is 36.2 Å². The van der Waals surface area contributed by atoms with Crippen molar-refractivity contribution in [3.05, 3.63) is 54.0 Å². The molecule has 0 bridgehead atoms. The van der Waals surface area contributed by atoms with Gasteiger partial charge in [-0.25, -0.2) is 4.39 Å². The number of pyridine rings is 1. The van der Waals surface area contributed by atoms with Crippen LogP contribution < -0.4 is 5.32 Å². The average molecular weight is 384 g/mol. The highest BCUT2D eigenvalue weighted by Gasteiger charge is 2.34. The van der Waals surface area contributed by atoms with Gasteiger partial charge in [-0.3, -0.25) is 9.98 Å². The van der Waals surface area contributed by atoms with Gasteiger partial charge in [-0.2, -0.15) is 0 Å². The summed E-state index contributed by atoms with van der Waals surface area (Å²) >= 11 is 0. The first-order chi connectivity index (χ1) is 13.2. The molecular weight excluding hydrogens is 353 g/mol. The van der Waals surface area contributed by atoms with Crippen molar-refractivity contribution in [1.29, 1.82) is 0 Å². The van der Waals surface area contributed by atoms with Crippen LogP contribution in [-0.4, -0.2) is 34.1 Å². The summed E-state index contributed by atoms with van der Waals surface area (Å²) in [6.07, 6.45) is 3.81. The molecule has 2 heterocycles. The van der Waals surface area contributed by atoms with E-state index in [0.29, 0.717) is 12.3 Å². The van der Waals surface area contributed by atoms with Crippen LogP contribution in [0.15, 0.2) is 47.6 Å². The Morgan fingerprint density at radius 2 is 1.86 bits per heavy atom. The van der Waals surface area contributed by atoms with Gasteiger partial charge in [0.25, 0.3) is 0 Å². The minimum absolute atomic E-state index is 0.211. The number of rotatable bonds is 7. The molecule has 5 heteroatoms. The van der Waals surface area contributed by atoms with Crippen LogP contribution in [0.25, 0.3) is 11.3 Å². The normalized spacial score (nSPS) is 19.1. The standard InChI is InChI=1S/C23H30FN3O/c1-5-22(2,3)13-19-15-26-21(27-19)23(4,28)12-16-6-8-17(9-7-16)20-11-10-18(24)14-25-20/h6-11,14,19,28H,5,12-13,15H2,1-4H3,(H,26,27). The van der Waals surface area contributed by atoms with Crippen molar-refractivity contribution >= 4 is 5.84 Å². The first kappa shape index (κ1) is 20.5. The maximum atomic E-state index is 13.0. The van der Waals surface area contributed by atoms with Gasteiger partial charge in [0.1, 0.15) is 17.3 Å².